The van der Waals surface area contributed by atoms with Gasteiger partial charge in [-0.15, -0.1) is 11.6 Å². The Balaban J connectivity index is 2.61. The van der Waals surface area contributed by atoms with Gasteiger partial charge in [-0.3, -0.25) is 4.79 Å². The Labute approximate surface area is 93.4 Å². The Kier molecular flexibility index (Phi) is 3.77. The second-order valence-electron chi connectivity index (χ2n) is 3.53. The fourth-order valence-electron chi connectivity index (χ4n) is 1.39. The van der Waals surface area contributed by atoms with Crippen LogP contribution in [0.25, 0.3) is 0 Å². The number of alkyl halides is 1. The largest absolute Gasteiger partial charge is 0.497 e. The Morgan fingerprint density at radius 2 is 2.53 bits per heavy atom. The highest BCUT2D eigenvalue weighted by Gasteiger charge is 2.30. The first-order valence-corrected chi connectivity index (χ1v) is 4.95. The minimum absolute atomic E-state index is 0.202. The van der Waals surface area contributed by atoms with Crippen LogP contribution < -0.4 is 5.73 Å². The van der Waals surface area contributed by atoms with E-state index in [0.717, 1.165) is 5.76 Å². The number of hydrogen-bond donors (Lipinski definition) is 2. The van der Waals surface area contributed by atoms with Crippen LogP contribution in [0, 0.1) is 0 Å². The number of ether oxygens (including phenoxy) is 1. The van der Waals surface area contributed by atoms with E-state index in [-0.39, 0.29) is 6.42 Å². The average Bonchev–Trinajstić information content (AvgIpc) is 2.18. The Morgan fingerprint density at radius 3 is 2.93 bits per heavy atom. The third-order valence-electron chi connectivity index (χ3n) is 2.30. The van der Waals surface area contributed by atoms with Gasteiger partial charge in [-0.1, -0.05) is 6.08 Å². The fourth-order valence-corrected chi connectivity index (χ4v) is 1.70. The smallest absolute Gasteiger partial charge is 0.320 e. The molecule has 2 unspecified atom stereocenters. The predicted octanol–water partition coefficient (Wildman–Crippen LogP) is 1.26. The molecule has 0 aromatic heterocycles. The zero-order valence-electron chi connectivity index (χ0n) is 8.44. The molecule has 0 saturated heterocycles. The summed E-state index contributed by atoms with van der Waals surface area (Å²) in [6.07, 6.45) is 6.01. The van der Waals surface area contributed by atoms with E-state index in [0.29, 0.717) is 6.42 Å². The van der Waals surface area contributed by atoms with E-state index in [9.17, 15) is 4.79 Å². The van der Waals surface area contributed by atoms with Crippen molar-refractivity contribution in [2.75, 3.05) is 7.11 Å². The highest BCUT2D eigenvalue weighted by molar-refractivity contribution is 6.25. The van der Waals surface area contributed by atoms with Gasteiger partial charge in [-0.2, -0.15) is 0 Å². The van der Waals surface area contributed by atoms with Gasteiger partial charge in [0.1, 0.15) is 11.8 Å². The molecule has 0 spiro atoms. The zero-order chi connectivity index (χ0) is 11.5. The van der Waals surface area contributed by atoms with Crippen LogP contribution in [0.4, 0.5) is 0 Å². The maximum absolute atomic E-state index is 10.6. The number of carboxylic acids is 1. The highest BCUT2D eigenvalue weighted by Crippen LogP contribution is 2.32. The first-order valence-electron chi connectivity index (χ1n) is 4.57. The molecule has 0 saturated carbocycles. The second kappa shape index (κ2) is 4.68. The Hall–Kier alpha value is -1.00. The summed E-state index contributed by atoms with van der Waals surface area (Å²) in [4.78, 5) is 9.88. The molecule has 3 N–H and O–H groups in total. The predicted molar refractivity (Wildman–Crippen MR) is 57.7 cm³/mol. The number of methoxy groups -OCH3 is 1. The van der Waals surface area contributed by atoms with E-state index in [1.54, 1.807) is 19.3 Å². The van der Waals surface area contributed by atoms with Crippen LogP contribution in [-0.2, 0) is 9.53 Å². The van der Waals surface area contributed by atoms with Gasteiger partial charge in [0.2, 0.25) is 0 Å². The van der Waals surface area contributed by atoms with Crippen LogP contribution in [0.1, 0.15) is 12.8 Å². The first kappa shape index (κ1) is 12.1. The van der Waals surface area contributed by atoms with Crippen molar-refractivity contribution in [3.8, 4) is 0 Å². The minimum atomic E-state index is -1.04. The summed E-state index contributed by atoms with van der Waals surface area (Å²) in [6, 6.07) is -0.940. The molecule has 1 aliphatic rings. The molecule has 4 nitrogen and oxygen atoms in total. The molecule has 0 amide bonds. The van der Waals surface area contributed by atoms with E-state index in [1.807, 2.05) is 6.08 Å². The summed E-state index contributed by atoms with van der Waals surface area (Å²) < 4.78 is 5.00. The van der Waals surface area contributed by atoms with Crippen molar-refractivity contribution < 1.29 is 14.6 Å². The molecule has 0 aromatic carbocycles. The third kappa shape index (κ3) is 3.25. The Morgan fingerprint density at radius 1 is 1.87 bits per heavy atom. The molecule has 15 heavy (non-hydrogen) atoms. The summed E-state index contributed by atoms with van der Waals surface area (Å²) in [5.41, 5.74) is 5.43. The van der Waals surface area contributed by atoms with Crippen LogP contribution >= 0.6 is 11.6 Å². The zero-order valence-corrected chi connectivity index (χ0v) is 9.20. The van der Waals surface area contributed by atoms with E-state index >= 15 is 0 Å². The standard InChI is InChI=1S/C10H14ClNO3/c1-15-7-2-4-10(11,5-3-7)6-8(12)9(13)14/h2-4,8H,5-6,12H2,1H3,(H,13,14). The van der Waals surface area contributed by atoms with E-state index < -0.39 is 16.9 Å². The van der Waals surface area contributed by atoms with Crippen molar-refractivity contribution in [2.24, 2.45) is 5.73 Å². The van der Waals surface area contributed by atoms with Gasteiger partial charge in [0.05, 0.1) is 12.0 Å². The number of nitrogens with two attached hydrogens (primary N) is 1. The molecule has 1 rings (SSSR count). The number of hydrogen-bond acceptors (Lipinski definition) is 3. The molecule has 0 radical (unpaired) electrons. The second-order valence-corrected chi connectivity index (χ2v) is 4.28. The van der Waals surface area contributed by atoms with Crippen LogP contribution in [0.3, 0.4) is 0 Å². The fraction of sp³-hybridized carbons (Fsp3) is 0.500. The van der Waals surface area contributed by atoms with Crippen molar-refractivity contribution in [1.29, 1.82) is 0 Å². The van der Waals surface area contributed by atoms with Crippen molar-refractivity contribution in [3.05, 3.63) is 24.0 Å². The van der Waals surface area contributed by atoms with Crippen LogP contribution in [0.2, 0.25) is 0 Å². The molecule has 0 fully saturated rings. The molecule has 0 aliphatic heterocycles. The van der Waals surface area contributed by atoms with Gasteiger partial charge in [-0.05, 0) is 25.0 Å². The summed E-state index contributed by atoms with van der Waals surface area (Å²) in [7, 11) is 1.57. The van der Waals surface area contributed by atoms with Crippen LogP contribution in [0.5, 0.6) is 0 Å². The maximum atomic E-state index is 10.6. The molecule has 1 aliphatic carbocycles. The summed E-state index contributed by atoms with van der Waals surface area (Å²) in [5.74, 6) is -0.305. The van der Waals surface area contributed by atoms with E-state index in [2.05, 4.69) is 0 Å². The van der Waals surface area contributed by atoms with Crippen LogP contribution in [0.15, 0.2) is 24.0 Å². The number of rotatable bonds is 4. The molecule has 2 atom stereocenters. The molecule has 0 bridgehead atoms. The number of carbonyl (C=O) groups is 1. The number of allylic oxidation sites excluding steroid dienone is 3. The van der Waals surface area contributed by atoms with Gasteiger partial charge in [0, 0.05) is 0 Å². The van der Waals surface area contributed by atoms with E-state index in [1.165, 1.54) is 0 Å². The van der Waals surface area contributed by atoms with Gasteiger partial charge >= 0.3 is 5.97 Å². The number of carboxylic acid groups (broad SMARTS) is 1. The molecular formula is C10H14ClNO3. The lowest BCUT2D eigenvalue weighted by Crippen LogP contribution is -2.37. The van der Waals surface area contributed by atoms with Gasteiger partial charge in [0.15, 0.2) is 0 Å². The average molecular weight is 232 g/mol. The molecule has 84 valence electrons. The van der Waals surface area contributed by atoms with Crippen LogP contribution in [-0.4, -0.2) is 29.1 Å². The molecule has 0 aromatic rings. The van der Waals surface area contributed by atoms with Crippen molar-refractivity contribution in [3.63, 3.8) is 0 Å². The quantitative estimate of drug-likeness (QED) is 0.715. The maximum Gasteiger partial charge on any atom is 0.320 e. The lowest BCUT2D eigenvalue weighted by molar-refractivity contribution is -0.138. The Bertz CT molecular complexity index is 314. The molecule has 5 heteroatoms. The molecule has 0 heterocycles. The van der Waals surface area contributed by atoms with Crippen molar-refractivity contribution in [1.82, 2.24) is 0 Å². The van der Waals surface area contributed by atoms with Crippen molar-refractivity contribution in [2.45, 2.75) is 23.8 Å². The number of aliphatic carboxylic acids is 1. The van der Waals surface area contributed by atoms with Gasteiger partial charge in [0.25, 0.3) is 0 Å². The first-order chi connectivity index (χ1) is 6.97. The lowest BCUT2D eigenvalue weighted by Gasteiger charge is -2.26. The minimum Gasteiger partial charge on any atom is -0.497 e. The third-order valence-corrected chi connectivity index (χ3v) is 2.74. The van der Waals surface area contributed by atoms with Crippen molar-refractivity contribution >= 4 is 17.6 Å². The summed E-state index contributed by atoms with van der Waals surface area (Å²) in [5, 5.41) is 8.68. The van der Waals surface area contributed by atoms with Gasteiger partial charge < -0.3 is 15.6 Å². The monoisotopic (exact) mass is 231 g/mol. The summed E-state index contributed by atoms with van der Waals surface area (Å²) >= 11 is 6.21. The topological polar surface area (TPSA) is 72.5 Å². The lowest BCUT2D eigenvalue weighted by atomic mass is 9.92. The number of halogens is 1. The summed E-state index contributed by atoms with van der Waals surface area (Å²) in [6.45, 7) is 0. The highest BCUT2D eigenvalue weighted by atomic mass is 35.5. The van der Waals surface area contributed by atoms with Gasteiger partial charge in [-0.25, -0.2) is 0 Å². The molecular weight excluding hydrogens is 218 g/mol. The normalized spacial score (nSPS) is 27.0. The van der Waals surface area contributed by atoms with E-state index in [4.69, 9.17) is 27.2 Å². The SMILES string of the molecule is COC1=CCC(Cl)(CC(N)C(=O)O)C=C1.